The monoisotopic (exact) mass is 376 g/mol. The molecule has 140 valence electrons. The Kier molecular flexibility index (Phi) is 5.76. The molecule has 1 aromatic heterocycles. The molecule has 0 radical (unpaired) electrons. The summed E-state index contributed by atoms with van der Waals surface area (Å²) >= 11 is 0. The molecular weight excluding hydrogens is 363 g/mol. The average molecular weight is 376 g/mol. The number of halogens is 5. The number of aliphatic carboxylic acids is 1. The molecule has 2 aromatic rings. The SMILES string of the molecule is Fc1ccc(OC2(c3ccc(F)cn3)CNC2)cc1.O=C(O)C(F)(F)F. The number of carbonyl (C=O) groups is 1. The van der Waals surface area contributed by atoms with Gasteiger partial charge in [-0.15, -0.1) is 0 Å². The van der Waals surface area contributed by atoms with Gasteiger partial charge in [0.15, 0.2) is 5.60 Å². The molecule has 2 heterocycles. The highest BCUT2D eigenvalue weighted by atomic mass is 19.4. The van der Waals surface area contributed by atoms with E-state index in [1.165, 1.54) is 24.4 Å². The van der Waals surface area contributed by atoms with Crippen molar-refractivity contribution in [2.24, 2.45) is 0 Å². The third kappa shape index (κ3) is 4.88. The molecule has 0 amide bonds. The van der Waals surface area contributed by atoms with Crippen LogP contribution in [0, 0.1) is 11.6 Å². The van der Waals surface area contributed by atoms with Crippen molar-refractivity contribution in [2.45, 2.75) is 11.8 Å². The number of benzene rings is 1. The molecule has 10 heteroatoms. The van der Waals surface area contributed by atoms with Crippen LogP contribution in [0.25, 0.3) is 0 Å². The summed E-state index contributed by atoms with van der Waals surface area (Å²) in [6.45, 7) is 1.17. The second-order valence-corrected chi connectivity index (χ2v) is 5.32. The summed E-state index contributed by atoms with van der Waals surface area (Å²) < 4.78 is 63.4. The number of alkyl halides is 3. The maximum Gasteiger partial charge on any atom is 0.490 e. The summed E-state index contributed by atoms with van der Waals surface area (Å²) in [6.07, 6.45) is -3.91. The number of carboxylic acids is 1. The predicted molar refractivity (Wildman–Crippen MR) is 79.5 cm³/mol. The van der Waals surface area contributed by atoms with Crippen molar-refractivity contribution in [1.29, 1.82) is 0 Å². The zero-order valence-electron chi connectivity index (χ0n) is 13.1. The zero-order valence-corrected chi connectivity index (χ0v) is 13.1. The molecule has 2 N–H and O–H groups in total. The molecule has 3 rings (SSSR count). The molecule has 0 spiro atoms. The van der Waals surface area contributed by atoms with Gasteiger partial charge in [-0.2, -0.15) is 13.2 Å². The third-order valence-electron chi connectivity index (χ3n) is 3.38. The minimum absolute atomic E-state index is 0.312. The van der Waals surface area contributed by atoms with E-state index in [-0.39, 0.29) is 11.6 Å². The molecule has 1 saturated heterocycles. The van der Waals surface area contributed by atoms with Gasteiger partial charge in [-0.25, -0.2) is 13.6 Å². The van der Waals surface area contributed by atoms with Crippen LogP contribution in [-0.4, -0.2) is 35.3 Å². The van der Waals surface area contributed by atoms with Crippen molar-refractivity contribution >= 4 is 5.97 Å². The topological polar surface area (TPSA) is 71.5 Å². The van der Waals surface area contributed by atoms with Gasteiger partial charge >= 0.3 is 12.1 Å². The summed E-state index contributed by atoms with van der Waals surface area (Å²) in [4.78, 5) is 13.0. The van der Waals surface area contributed by atoms with Crippen molar-refractivity contribution in [2.75, 3.05) is 13.1 Å². The molecule has 1 fully saturated rings. The zero-order chi connectivity index (χ0) is 19.4. The number of rotatable bonds is 3. The molecular formula is C16H13F5N2O3. The fraction of sp³-hybridized carbons (Fsp3) is 0.250. The smallest absolute Gasteiger partial charge is 0.478 e. The van der Waals surface area contributed by atoms with E-state index in [1.807, 2.05) is 0 Å². The first-order chi connectivity index (χ1) is 12.1. The Bertz CT molecular complexity index is 744. The summed E-state index contributed by atoms with van der Waals surface area (Å²) in [5, 5.41) is 10.2. The van der Waals surface area contributed by atoms with Crippen molar-refractivity contribution < 1.29 is 36.6 Å². The van der Waals surface area contributed by atoms with E-state index < -0.39 is 17.7 Å². The number of hydrogen-bond donors (Lipinski definition) is 2. The Labute approximate surface area is 144 Å². The highest BCUT2D eigenvalue weighted by Crippen LogP contribution is 2.30. The molecule has 26 heavy (non-hydrogen) atoms. The summed E-state index contributed by atoms with van der Waals surface area (Å²) in [6, 6.07) is 8.79. The molecule has 1 aromatic carbocycles. The second kappa shape index (κ2) is 7.65. The maximum atomic E-state index is 12.9. The quantitative estimate of drug-likeness (QED) is 0.807. The number of aromatic nitrogens is 1. The van der Waals surface area contributed by atoms with E-state index in [9.17, 15) is 22.0 Å². The number of nitrogens with zero attached hydrogens (tertiary/aromatic N) is 1. The molecule has 0 unspecified atom stereocenters. The Hall–Kier alpha value is -2.75. The van der Waals surface area contributed by atoms with E-state index in [0.29, 0.717) is 24.5 Å². The van der Waals surface area contributed by atoms with Crippen molar-refractivity contribution in [3.8, 4) is 5.75 Å². The van der Waals surface area contributed by atoms with Crippen LogP contribution in [-0.2, 0) is 10.4 Å². The predicted octanol–water partition coefficient (Wildman–Crippen LogP) is 2.87. The van der Waals surface area contributed by atoms with Crippen LogP contribution in [0.3, 0.4) is 0 Å². The molecule has 1 aliphatic heterocycles. The number of hydrogen-bond acceptors (Lipinski definition) is 4. The van der Waals surface area contributed by atoms with Crippen LogP contribution < -0.4 is 10.1 Å². The van der Waals surface area contributed by atoms with Gasteiger partial charge in [-0.05, 0) is 36.4 Å². The van der Waals surface area contributed by atoms with Gasteiger partial charge in [-0.3, -0.25) is 4.98 Å². The highest BCUT2D eigenvalue weighted by Gasteiger charge is 2.42. The second-order valence-electron chi connectivity index (χ2n) is 5.32. The lowest BCUT2D eigenvalue weighted by Gasteiger charge is -2.41. The van der Waals surface area contributed by atoms with E-state index in [2.05, 4.69) is 10.3 Å². The number of ether oxygens (including phenoxy) is 1. The van der Waals surface area contributed by atoms with Crippen LogP contribution in [0.4, 0.5) is 22.0 Å². The van der Waals surface area contributed by atoms with Crippen LogP contribution >= 0.6 is 0 Å². The average Bonchev–Trinajstić information content (AvgIpc) is 2.53. The van der Waals surface area contributed by atoms with Crippen LogP contribution in [0.5, 0.6) is 5.75 Å². The van der Waals surface area contributed by atoms with Gasteiger partial charge in [0, 0.05) is 13.1 Å². The molecule has 0 atom stereocenters. The lowest BCUT2D eigenvalue weighted by atomic mass is 9.92. The standard InChI is InChI=1S/C14H12F2N2O.C2HF3O2/c15-10-1-4-12(5-2-10)19-14(8-17-9-14)13-6-3-11(16)7-18-13;3-2(4,5)1(6)7/h1-7,17H,8-9H2;(H,6,7). The lowest BCUT2D eigenvalue weighted by molar-refractivity contribution is -0.192. The summed E-state index contributed by atoms with van der Waals surface area (Å²) in [7, 11) is 0. The maximum absolute atomic E-state index is 12.9. The highest BCUT2D eigenvalue weighted by molar-refractivity contribution is 5.73. The number of nitrogens with one attached hydrogen (secondary N) is 1. The van der Waals surface area contributed by atoms with Crippen LogP contribution in [0.15, 0.2) is 42.6 Å². The van der Waals surface area contributed by atoms with E-state index >= 15 is 0 Å². The third-order valence-corrected chi connectivity index (χ3v) is 3.38. The Morgan fingerprint density at radius 3 is 2.00 bits per heavy atom. The van der Waals surface area contributed by atoms with Gasteiger partial charge in [0.25, 0.3) is 0 Å². The van der Waals surface area contributed by atoms with Gasteiger partial charge in [0.1, 0.15) is 17.4 Å². The van der Waals surface area contributed by atoms with Gasteiger partial charge in [0.2, 0.25) is 0 Å². The summed E-state index contributed by atoms with van der Waals surface area (Å²) in [5.41, 5.74) is 0.0582. The van der Waals surface area contributed by atoms with Crippen molar-refractivity contribution in [3.05, 3.63) is 59.9 Å². The van der Waals surface area contributed by atoms with Crippen LogP contribution in [0.1, 0.15) is 5.69 Å². The molecule has 5 nitrogen and oxygen atoms in total. The normalized spacial score (nSPS) is 15.3. The van der Waals surface area contributed by atoms with Gasteiger partial charge in [0.05, 0.1) is 11.9 Å². The Morgan fingerprint density at radius 2 is 1.62 bits per heavy atom. The van der Waals surface area contributed by atoms with Crippen LogP contribution in [0.2, 0.25) is 0 Å². The molecule has 0 saturated carbocycles. The van der Waals surface area contributed by atoms with Crippen molar-refractivity contribution in [3.63, 3.8) is 0 Å². The summed E-state index contributed by atoms with van der Waals surface area (Å²) in [5.74, 6) is -2.89. The van der Waals surface area contributed by atoms with E-state index in [0.717, 1.165) is 0 Å². The first kappa shape index (κ1) is 19.6. The van der Waals surface area contributed by atoms with Gasteiger partial charge in [-0.1, -0.05) is 0 Å². The number of carboxylic acid groups (broad SMARTS) is 1. The first-order valence-electron chi connectivity index (χ1n) is 7.20. The minimum atomic E-state index is -5.08. The minimum Gasteiger partial charge on any atom is -0.478 e. The van der Waals surface area contributed by atoms with E-state index in [4.69, 9.17) is 14.6 Å². The molecule has 0 bridgehead atoms. The van der Waals surface area contributed by atoms with E-state index in [1.54, 1.807) is 18.2 Å². The Morgan fingerprint density at radius 1 is 1.08 bits per heavy atom. The molecule has 1 aliphatic rings. The lowest BCUT2D eigenvalue weighted by Crippen LogP contribution is -2.60. The van der Waals surface area contributed by atoms with Crippen molar-refractivity contribution in [1.82, 2.24) is 10.3 Å². The fourth-order valence-corrected chi connectivity index (χ4v) is 2.03. The molecule has 0 aliphatic carbocycles. The first-order valence-corrected chi connectivity index (χ1v) is 7.20. The Balaban J connectivity index is 0.000000298. The largest absolute Gasteiger partial charge is 0.490 e. The van der Waals surface area contributed by atoms with Gasteiger partial charge < -0.3 is 15.2 Å². The number of pyridine rings is 1. The fourth-order valence-electron chi connectivity index (χ4n) is 2.03.